The summed E-state index contributed by atoms with van der Waals surface area (Å²) in [6, 6.07) is 19.4. The molecule has 0 bridgehead atoms. The fourth-order valence-corrected chi connectivity index (χ4v) is 4.51. The van der Waals surface area contributed by atoms with Gasteiger partial charge in [0, 0.05) is 30.5 Å². The number of aromatic nitrogens is 2. The van der Waals surface area contributed by atoms with Crippen LogP contribution in [0.15, 0.2) is 79.0 Å². The fraction of sp³-hybridized carbons (Fsp3) is 0.233. The Hall–Kier alpha value is -4.37. The molecule has 0 spiro atoms. The lowest BCUT2D eigenvalue weighted by molar-refractivity contribution is -0.117. The number of imidazole rings is 1. The normalized spacial score (nSPS) is 14.8. The van der Waals surface area contributed by atoms with E-state index in [1.54, 1.807) is 29.8 Å². The number of rotatable bonds is 8. The summed E-state index contributed by atoms with van der Waals surface area (Å²) in [5.74, 6) is -1.54. The molecule has 0 saturated carbocycles. The molecule has 3 aromatic carbocycles. The van der Waals surface area contributed by atoms with E-state index in [2.05, 4.69) is 10.3 Å². The third-order valence-corrected chi connectivity index (χ3v) is 6.62. The van der Waals surface area contributed by atoms with E-state index in [0.717, 1.165) is 18.4 Å². The molecule has 5 rings (SSSR count). The highest BCUT2D eigenvalue weighted by molar-refractivity contribution is 5.99. The van der Waals surface area contributed by atoms with Gasteiger partial charge in [-0.3, -0.25) is 19.5 Å². The van der Waals surface area contributed by atoms with Crippen molar-refractivity contribution in [1.29, 1.82) is 0 Å². The third kappa shape index (κ3) is 6.21. The van der Waals surface area contributed by atoms with Gasteiger partial charge in [0.15, 0.2) is 0 Å². The van der Waals surface area contributed by atoms with Crippen molar-refractivity contribution in [3.05, 3.63) is 102 Å². The maximum Gasteiger partial charge on any atom is 0.254 e. The van der Waals surface area contributed by atoms with Crippen LogP contribution in [0.1, 0.15) is 28.8 Å². The van der Waals surface area contributed by atoms with Crippen LogP contribution in [-0.2, 0) is 9.53 Å². The van der Waals surface area contributed by atoms with Gasteiger partial charge in [0.25, 0.3) is 5.91 Å². The number of nitrogens with one attached hydrogen (secondary N) is 1. The summed E-state index contributed by atoms with van der Waals surface area (Å²) < 4.78 is 35.2. The lowest BCUT2D eigenvalue weighted by atomic mass is 10.1. The van der Waals surface area contributed by atoms with Crippen molar-refractivity contribution in [2.45, 2.75) is 25.9 Å². The summed E-state index contributed by atoms with van der Waals surface area (Å²) in [7, 11) is 0. The second kappa shape index (κ2) is 11.6. The monoisotopic (exact) mass is 530 g/mol. The van der Waals surface area contributed by atoms with E-state index in [0.29, 0.717) is 23.6 Å². The number of amides is 2. The highest BCUT2D eigenvalue weighted by Gasteiger charge is 2.26. The zero-order valence-electron chi connectivity index (χ0n) is 21.4. The van der Waals surface area contributed by atoms with Crippen molar-refractivity contribution in [2.75, 3.05) is 25.0 Å². The van der Waals surface area contributed by atoms with Crippen molar-refractivity contribution in [1.82, 2.24) is 14.5 Å². The van der Waals surface area contributed by atoms with Crippen molar-refractivity contribution < 1.29 is 23.1 Å². The van der Waals surface area contributed by atoms with Crippen LogP contribution in [0.5, 0.6) is 0 Å². The molecule has 200 valence electrons. The first-order chi connectivity index (χ1) is 18.9. The molecule has 39 heavy (non-hydrogen) atoms. The van der Waals surface area contributed by atoms with E-state index in [-0.39, 0.29) is 36.5 Å². The Labute approximate surface area is 225 Å². The van der Waals surface area contributed by atoms with Gasteiger partial charge in [-0.1, -0.05) is 36.4 Å². The number of hydrogen-bond donors (Lipinski definition) is 1. The minimum atomic E-state index is -0.484. The second-order valence-electron chi connectivity index (χ2n) is 9.50. The van der Waals surface area contributed by atoms with Gasteiger partial charge in [-0.25, -0.2) is 13.8 Å². The van der Waals surface area contributed by atoms with Gasteiger partial charge in [0.1, 0.15) is 18.2 Å². The topological polar surface area (TPSA) is 76.5 Å². The van der Waals surface area contributed by atoms with Crippen molar-refractivity contribution in [3.8, 4) is 16.9 Å². The number of carbonyl (C=O) groups excluding carboxylic acids is 2. The zero-order valence-corrected chi connectivity index (χ0v) is 21.4. The van der Waals surface area contributed by atoms with Crippen LogP contribution < -0.4 is 5.32 Å². The molecule has 0 radical (unpaired) electrons. The number of carbonyl (C=O) groups is 2. The van der Waals surface area contributed by atoms with Gasteiger partial charge >= 0.3 is 0 Å². The van der Waals surface area contributed by atoms with Crippen LogP contribution in [0.25, 0.3) is 16.9 Å². The van der Waals surface area contributed by atoms with Crippen molar-refractivity contribution in [3.63, 3.8) is 0 Å². The highest BCUT2D eigenvalue weighted by atomic mass is 19.1. The molecule has 0 unspecified atom stereocenters. The minimum Gasteiger partial charge on any atom is -0.376 e. The maximum atomic E-state index is 14.4. The Morgan fingerprint density at radius 3 is 2.54 bits per heavy atom. The average molecular weight is 531 g/mol. The smallest absolute Gasteiger partial charge is 0.254 e. The molecule has 1 N–H and O–H groups in total. The lowest BCUT2D eigenvalue weighted by Crippen LogP contribution is -2.42. The van der Waals surface area contributed by atoms with Gasteiger partial charge in [0.05, 0.1) is 17.5 Å². The molecule has 1 aliphatic rings. The fourth-order valence-electron chi connectivity index (χ4n) is 4.51. The number of benzene rings is 3. The first-order valence-electron chi connectivity index (χ1n) is 12.7. The maximum absolute atomic E-state index is 14.4. The standard InChI is InChI=1S/C30H28F2N4O3/c1-20-9-14-24(16-26(20)32)36-18-27(21-6-3-2-4-7-21)33-30(36)34-28(37)19-35(17-25-8-5-15-39-25)29(38)22-10-12-23(31)13-11-22/h2-4,6-7,9-14,16,18,25H,5,8,15,17,19H2,1H3,(H,33,34,37)/t25-/m1/s1. The summed E-state index contributed by atoms with van der Waals surface area (Å²) >= 11 is 0. The number of hydrogen-bond acceptors (Lipinski definition) is 4. The number of ether oxygens (including phenoxy) is 1. The van der Waals surface area contributed by atoms with Gasteiger partial charge in [-0.15, -0.1) is 0 Å². The van der Waals surface area contributed by atoms with Crippen LogP contribution in [0.3, 0.4) is 0 Å². The average Bonchev–Trinajstić information content (AvgIpc) is 3.61. The predicted octanol–water partition coefficient (Wildman–Crippen LogP) is 5.39. The molecule has 9 heteroatoms. The molecule has 7 nitrogen and oxygen atoms in total. The SMILES string of the molecule is Cc1ccc(-n2cc(-c3ccccc3)nc2NC(=O)CN(C[C@H]2CCCO2)C(=O)c2ccc(F)cc2)cc1F. The van der Waals surface area contributed by atoms with Crippen LogP contribution in [0.4, 0.5) is 14.7 Å². The molecule has 1 aromatic heterocycles. The van der Waals surface area contributed by atoms with Gasteiger partial charge in [-0.2, -0.15) is 0 Å². The van der Waals surface area contributed by atoms with E-state index in [9.17, 15) is 18.4 Å². The molecule has 4 aromatic rings. The molecular weight excluding hydrogens is 502 g/mol. The summed E-state index contributed by atoms with van der Waals surface area (Å²) in [6.07, 6.45) is 3.19. The molecule has 1 aliphatic heterocycles. The number of anilines is 1. The van der Waals surface area contributed by atoms with Crippen LogP contribution in [-0.4, -0.2) is 52.1 Å². The van der Waals surface area contributed by atoms with Crippen LogP contribution in [0.2, 0.25) is 0 Å². The number of aryl methyl sites for hydroxylation is 1. The predicted molar refractivity (Wildman–Crippen MR) is 144 cm³/mol. The Morgan fingerprint density at radius 1 is 1.08 bits per heavy atom. The van der Waals surface area contributed by atoms with E-state index >= 15 is 0 Å². The first-order valence-corrected chi connectivity index (χ1v) is 12.7. The molecular formula is C30H28F2N4O3. The molecule has 1 fully saturated rings. The van der Waals surface area contributed by atoms with Gasteiger partial charge in [-0.05, 0) is 61.7 Å². The van der Waals surface area contributed by atoms with Gasteiger partial charge in [0.2, 0.25) is 11.9 Å². The quantitative estimate of drug-likeness (QED) is 0.332. The van der Waals surface area contributed by atoms with E-state index in [4.69, 9.17) is 4.74 Å². The molecule has 0 aliphatic carbocycles. The Balaban J connectivity index is 1.42. The van der Waals surface area contributed by atoms with E-state index in [1.165, 1.54) is 35.2 Å². The lowest BCUT2D eigenvalue weighted by Gasteiger charge is -2.25. The molecule has 1 atom stereocenters. The minimum absolute atomic E-state index is 0.188. The second-order valence-corrected chi connectivity index (χ2v) is 9.50. The number of nitrogens with zero attached hydrogens (tertiary/aromatic N) is 3. The molecule has 1 saturated heterocycles. The number of halogens is 2. The largest absolute Gasteiger partial charge is 0.376 e. The molecule has 2 heterocycles. The van der Waals surface area contributed by atoms with E-state index in [1.807, 2.05) is 30.3 Å². The van der Waals surface area contributed by atoms with Crippen molar-refractivity contribution in [2.24, 2.45) is 0 Å². The first kappa shape index (κ1) is 26.2. The zero-order chi connectivity index (χ0) is 27.4. The molecule has 2 amide bonds. The third-order valence-electron chi connectivity index (χ3n) is 6.62. The highest BCUT2D eigenvalue weighted by Crippen LogP contribution is 2.25. The van der Waals surface area contributed by atoms with Gasteiger partial charge < -0.3 is 9.64 Å². The summed E-state index contributed by atoms with van der Waals surface area (Å²) in [5.41, 5.74) is 2.67. The van der Waals surface area contributed by atoms with Crippen LogP contribution in [0, 0.1) is 18.6 Å². The Bertz CT molecular complexity index is 1470. The summed E-state index contributed by atoms with van der Waals surface area (Å²) in [4.78, 5) is 32.6. The Kier molecular flexibility index (Phi) is 7.79. The van der Waals surface area contributed by atoms with Crippen molar-refractivity contribution >= 4 is 17.8 Å². The Morgan fingerprint density at radius 2 is 1.85 bits per heavy atom. The summed E-state index contributed by atoms with van der Waals surface area (Å²) in [6.45, 7) is 2.22. The van der Waals surface area contributed by atoms with E-state index < -0.39 is 17.6 Å². The summed E-state index contributed by atoms with van der Waals surface area (Å²) in [5, 5.41) is 2.80. The van der Waals surface area contributed by atoms with Crippen LogP contribution >= 0.6 is 0 Å².